The number of fused-ring (bicyclic) bond motifs is 3. The number of nitrogens with zero attached hydrogens (tertiary/aromatic N) is 1. The monoisotopic (exact) mass is 217 g/mol. The Hall–Kier alpha value is -1.35. The van der Waals surface area contributed by atoms with Gasteiger partial charge in [0.1, 0.15) is 6.10 Å². The summed E-state index contributed by atoms with van der Waals surface area (Å²) in [5.41, 5.74) is 1.91. The van der Waals surface area contributed by atoms with Gasteiger partial charge >= 0.3 is 5.97 Å². The van der Waals surface area contributed by atoms with Gasteiger partial charge in [0.15, 0.2) is 0 Å². The van der Waals surface area contributed by atoms with Gasteiger partial charge in [-0.3, -0.25) is 0 Å². The smallest absolute Gasteiger partial charge is 0.338 e. The van der Waals surface area contributed by atoms with E-state index >= 15 is 0 Å². The van der Waals surface area contributed by atoms with Gasteiger partial charge in [-0.25, -0.2) is 4.79 Å². The van der Waals surface area contributed by atoms with Gasteiger partial charge in [0.05, 0.1) is 5.56 Å². The first-order valence-electron chi connectivity index (χ1n) is 5.74. The number of ether oxygens (including phenoxy) is 1. The highest BCUT2D eigenvalue weighted by molar-refractivity contribution is 5.92. The van der Waals surface area contributed by atoms with Gasteiger partial charge in [0, 0.05) is 19.0 Å². The zero-order valence-corrected chi connectivity index (χ0v) is 9.35. The minimum absolute atomic E-state index is 0.0820. The standard InChI is InChI=1S/C13H15NO2/c1-14-7-6-12-11(8-14)9-4-2-3-5-10(9)13(15)16-12/h2-5,11-12H,6-8H2,1H3/t11-,12-/m1/s1. The molecule has 0 aliphatic carbocycles. The van der Waals surface area contributed by atoms with Crippen LogP contribution >= 0.6 is 0 Å². The Morgan fingerprint density at radius 3 is 3.06 bits per heavy atom. The SMILES string of the molecule is CN1CC[C@H]2OC(=O)c3ccccc3[C@H]2C1. The molecule has 1 aromatic rings. The predicted molar refractivity (Wildman–Crippen MR) is 60.5 cm³/mol. The number of piperidine rings is 1. The van der Waals surface area contributed by atoms with Crippen LogP contribution in [0.15, 0.2) is 24.3 Å². The van der Waals surface area contributed by atoms with Crippen molar-refractivity contribution in [2.24, 2.45) is 0 Å². The van der Waals surface area contributed by atoms with Crippen molar-refractivity contribution in [1.29, 1.82) is 0 Å². The average Bonchev–Trinajstić information content (AvgIpc) is 2.31. The maximum Gasteiger partial charge on any atom is 0.338 e. The first kappa shape index (κ1) is 9.85. The van der Waals surface area contributed by atoms with Crippen molar-refractivity contribution in [2.45, 2.75) is 18.4 Å². The second-order valence-corrected chi connectivity index (χ2v) is 4.69. The fraction of sp³-hybridized carbons (Fsp3) is 0.462. The molecule has 0 unspecified atom stereocenters. The zero-order chi connectivity index (χ0) is 11.1. The lowest BCUT2D eigenvalue weighted by molar-refractivity contribution is -0.00180. The Kier molecular flexibility index (Phi) is 2.21. The predicted octanol–water partition coefficient (Wildman–Crippen LogP) is 1.64. The molecule has 0 amide bonds. The van der Waals surface area contributed by atoms with Crippen molar-refractivity contribution in [2.75, 3.05) is 20.1 Å². The first-order chi connectivity index (χ1) is 7.75. The molecule has 2 atom stereocenters. The molecular weight excluding hydrogens is 202 g/mol. The first-order valence-corrected chi connectivity index (χ1v) is 5.74. The van der Waals surface area contributed by atoms with Crippen LogP contribution in [0.1, 0.15) is 28.3 Å². The molecule has 3 heteroatoms. The van der Waals surface area contributed by atoms with Gasteiger partial charge in [-0.05, 0) is 25.1 Å². The summed E-state index contributed by atoms with van der Waals surface area (Å²) >= 11 is 0. The van der Waals surface area contributed by atoms with E-state index in [9.17, 15) is 4.79 Å². The van der Waals surface area contributed by atoms with Crippen LogP contribution < -0.4 is 0 Å². The Labute approximate surface area is 95.0 Å². The summed E-state index contributed by atoms with van der Waals surface area (Å²) in [5.74, 6) is 0.203. The third kappa shape index (κ3) is 1.43. The molecule has 2 aliphatic heterocycles. The summed E-state index contributed by atoms with van der Waals surface area (Å²) in [7, 11) is 2.12. The molecule has 1 saturated heterocycles. The van der Waals surface area contributed by atoms with Crippen molar-refractivity contribution >= 4 is 5.97 Å². The summed E-state index contributed by atoms with van der Waals surface area (Å²) < 4.78 is 5.50. The van der Waals surface area contributed by atoms with Crippen molar-refractivity contribution < 1.29 is 9.53 Å². The number of esters is 1. The maximum absolute atomic E-state index is 11.8. The Morgan fingerprint density at radius 2 is 2.19 bits per heavy atom. The van der Waals surface area contributed by atoms with E-state index in [0.717, 1.165) is 30.6 Å². The topological polar surface area (TPSA) is 29.5 Å². The molecule has 84 valence electrons. The van der Waals surface area contributed by atoms with Gasteiger partial charge in [0.25, 0.3) is 0 Å². The summed E-state index contributed by atoms with van der Waals surface area (Å²) in [6.07, 6.45) is 1.03. The largest absolute Gasteiger partial charge is 0.458 e. The molecule has 0 N–H and O–H groups in total. The lowest BCUT2D eigenvalue weighted by Gasteiger charge is -2.39. The van der Waals surface area contributed by atoms with Crippen LogP contribution in [-0.2, 0) is 4.74 Å². The van der Waals surface area contributed by atoms with E-state index < -0.39 is 0 Å². The molecule has 2 aliphatic rings. The number of likely N-dealkylation sites (tertiary alicyclic amines) is 1. The quantitative estimate of drug-likeness (QED) is 0.619. The summed E-state index contributed by atoms with van der Waals surface area (Å²) in [4.78, 5) is 14.1. The van der Waals surface area contributed by atoms with Gasteiger partial charge in [0.2, 0.25) is 0 Å². The number of hydrogen-bond acceptors (Lipinski definition) is 3. The Morgan fingerprint density at radius 1 is 1.38 bits per heavy atom. The fourth-order valence-corrected chi connectivity index (χ4v) is 2.74. The summed E-state index contributed by atoms with van der Waals surface area (Å²) in [6, 6.07) is 7.82. The molecule has 1 aromatic carbocycles. The fourth-order valence-electron chi connectivity index (χ4n) is 2.74. The molecule has 0 spiro atoms. The number of rotatable bonds is 0. The molecule has 16 heavy (non-hydrogen) atoms. The molecule has 1 fully saturated rings. The Balaban J connectivity index is 2.04. The minimum Gasteiger partial charge on any atom is -0.458 e. The third-order valence-electron chi connectivity index (χ3n) is 3.59. The lowest BCUT2D eigenvalue weighted by atomic mass is 9.83. The number of benzene rings is 1. The molecule has 3 rings (SSSR count). The number of hydrogen-bond donors (Lipinski definition) is 0. The maximum atomic E-state index is 11.8. The average molecular weight is 217 g/mol. The number of carbonyl (C=O) groups excluding carboxylic acids is 1. The van der Waals surface area contributed by atoms with E-state index in [1.807, 2.05) is 18.2 Å². The molecule has 0 saturated carbocycles. The molecule has 0 bridgehead atoms. The van der Waals surface area contributed by atoms with E-state index in [0.29, 0.717) is 5.92 Å². The van der Waals surface area contributed by atoms with Gasteiger partial charge < -0.3 is 9.64 Å². The van der Waals surface area contributed by atoms with Crippen molar-refractivity contribution in [1.82, 2.24) is 4.90 Å². The number of carbonyl (C=O) groups is 1. The van der Waals surface area contributed by atoms with E-state index in [2.05, 4.69) is 18.0 Å². The van der Waals surface area contributed by atoms with Crippen LogP contribution in [0.3, 0.4) is 0 Å². The van der Waals surface area contributed by atoms with Crippen LogP contribution in [-0.4, -0.2) is 37.1 Å². The van der Waals surface area contributed by atoms with Crippen molar-refractivity contribution in [3.8, 4) is 0 Å². The molecular formula is C13H15NO2. The third-order valence-corrected chi connectivity index (χ3v) is 3.59. The van der Waals surface area contributed by atoms with Crippen molar-refractivity contribution in [3.63, 3.8) is 0 Å². The van der Waals surface area contributed by atoms with Gasteiger partial charge in [-0.2, -0.15) is 0 Å². The molecule has 3 nitrogen and oxygen atoms in total. The Bertz CT molecular complexity index is 430. The van der Waals surface area contributed by atoms with E-state index in [1.165, 1.54) is 0 Å². The zero-order valence-electron chi connectivity index (χ0n) is 9.35. The van der Waals surface area contributed by atoms with Crippen LogP contribution in [0.25, 0.3) is 0 Å². The highest BCUT2D eigenvalue weighted by Crippen LogP contribution is 2.35. The van der Waals surface area contributed by atoms with E-state index in [-0.39, 0.29) is 12.1 Å². The summed E-state index contributed by atoms with van der Waals surface area (Å²) in [6.45, 7) is 1.99. The second-order valence-electron chi connectivity index (χ2n) is 4.69. The van der Waals surface area contributed by atoms with Gasteiger partial charge in [-0.1, -0.05) is 18.2 Å². The van der Waals surface area contributed by atoms with Gasteiger partial charge in [-0.15, -0.1) is 0 Å². The molecule has 2 heterocycles. The highest BCUT2D eigenvalue weighted by Gasteiger charge is 2.38. The van der Waals surface area contributed by atoms with Crippen LogP contribution in [0.2, 0.25) is 0 Å². The lowest BCUT2D eigenvalue weighted by Crippen LogP contribution is -2.44. The van der Waals surface area contributed by atoms with E-state index in [1.54, 1.807) is 0 Å². The number of likely N-dealkylation sites (N-methyl/N-ethyl adjacent to an activating group) is 1. The molecule has 0 radical (unpaired) electrons. The summed E-state index contributed by atoms with van der Waals surface area (Å²) in [5, 5.41) is 0. The van der Waals surface area contributed by atoms with Crippen LogP contribution in [0.5, 0.6) is 0 Å². The van der Waals surface area contributed by atoms with Crippen molar-refractivity contribution in [3.05, 3.63) is 35.4 Å². The van der Waals surface area contributed by atoms with Crippen LogP contribution in [0.4, 0.5) is 0 Å². The highest BCUT2D eigenvalue weighted by atomic mass is 16.5. The van der Waals surface area contributed by atoms with E-state index in [4.69, 9.17) is 4.74 Å². The minimum atomic E-state index is -0.151. The second kappa shape index (κ2) is 3.59. The normalized spacial score (nSPS) is 29.2. The molecule has 0 aromatic heterocycles. The van der Waals surface area contributed by atoms with Crippen LogP contribution in [0, 0.1) is 0 Å².